The van der Waals surface area contributed by atoms with Gasteiger partial charge in [-0.25, -0.2) is 4.99 Å². The number of benzene rings is 2. The van der Waals surface area contributed by atoms with Gasteiger partial charge in [0, 0.05) is 29.6 Å². The van der Waals surface area contributed by atoms with Crippen molar-refractivity contribution in [2.45, 2.75) is 36.8 Å². The molecule has 0 bridgehead atoms. The Morgan fingerprint density at radius 3 is 2.54 bits per heavy atom. The first kappa shape index (κ1) is 26.8. The van der Waals surface area contributed by atoms with E-state index in [4.69, 9.17) is 14.1 Å². The van der Waals surface area contributed by atoms with E-state index in [0.29, 0.717) is 45.2 Å². The first-order chi connectivity index (χ1) is 18.9. The predicted octanol–water partition coefficient (Wildman–Crippen LogP) is 4.86. The third-order valence-corrected chi connectivity index (χ3v) is 8.48. The summed E-state index contributed by atoms with van der Waals surface area (Å²) in [5.74, 6) is 1.04. The van der Waals surface area contributed by atoms with Crippen LogP contribution in [0, 0.1) is 0 Å². The molecule has 1 aliphatic rings. The van der Waals surface area contributed by atoms with Gasteiger partial charge in [-0.2, -0.15) is 0 Å². The van der Waals surface area contributed by atoms with Crippen molar-refractivity contribution in [3.05, 3.63) is 109 Å². The van der Waals surface area contributed by atoms with Crippen LogP contribution in [-0.2, 0) is 4.79 Å². The van der Waals surface area contributed by atoms with E-state index in [1.807, 2.05) is 87.5 Å². The topological polar surface area (TPSA) is 77.0 Å². The quantitative estimate of drug-likeness (QED) is 0.308. The Hall–Kier alpha value is -3.82. The number of carbonyl (C=O) groups is 1. The SMILES string of the molecule is CCN(CC)C(=O)C1=C(C)N=c2s/c(=C\c3ccc(Sc4ccccc4)o3)c(=O)n2C1c1ccccc1OC. The summed E-state index contributed by atoms with van der Waals surface area (Å²) in [6.45, 7) is 6.82. The highest BCUT2D eigenvalue weighted by Crippen LogP contribution is 2.36. The molecule has 9 heteroatoms. The highest BCUT2D eigenvalue weighted by Gasteiger charge is 2.35. The molecular weight excluding hydrogens is 530 g/mol. The summed E-state index contributed by atoms with van der Waals surface area (Å²) in [4.78, 5) is 35.8. The van der Waals surface area contributed by atoms with Crippen LogP contribution in [0.1, 0.15) is 38.1 Å². The Morgan fingerprint density at radius 2 is 1.82 bits per heavy atom. The van der Waals surface area contributed by atoms with Crippen LogP contribution in [0.5, 0.6) is 5.75 Å². The lowest BCUT2D eigenvalue weighted by Gasteiger charge is -2.29. The van der Waals surface area contributed by atoms with Crippen molar-refractivity contribution < 1.29 is 13.9 Å². The summed E-state index contributed by atoms with van der Waals surface area (Å²) in [7, 11) is 1.59. The zero-order chi connectivity index (χ0) is 27.5. The Labute approximate surface area is 234 Å². The normalized spacial score (nSPS) is 15.2. The van der Waals surface area contributed by atoms with E-state index in [1.165, 1.54) is 23.1 Å². The van der Waals surface area contributed by atoms with E-state index in [1.54, 1.807) is 22.7 Å². The zero-order valence-corrected chi connectivity index (χ0v) is 23.8. The highest BCUT2D eigenvalue weighted by atomic mass is 32.2. The van der Waals surface area contributed by atoms with Crippen LogP contribution in [-0.4, -0.2) is 35.6 Å². The Morgan fingerprint density at radius 1 is 1.10 bits per heavy atom. The average molecular weight is 560 g/mol. The fourth-order valence-corrected chi connectivity index (χ4v) is 6.49. The van der Waals surface area contributed by atoms with Gasteiger partial charge in [0.15, 0.2) is 9.89 Å². The summed E-state index contributed by atoms with van der Waals surface area (Å²) in [5, 5.41) is 0.732. The number of para-hydroxylation sites is 1. The minimum absolute atomic E-state index is 0.139. The molecule has 0 saturated carbocycles. The maximum atomic E-state index is 13.9. The van der Waals surface area contributed by atoms with Gasteiger partial charge in [0.25, 0.3) is 11.5 Å². The lowest BCUT2D eigenvalue weighted by Crippen LogP contribution is -2.43. The van der Waals surface area contributed by atoms with Gasteiger partial charge in [0.2, 0.25) is 0 Å². The number of amides is 1. The maximum Gasteiger partial charge on any atom is 0.271 e. The van der Waals surface area contributed by atoms with Crippen molar-refractivity contribution in [2.75, 3.05) is 20.2 Å². The summed E-state index contributed by atoms with van der Waals surface area (Å²) in [5.41, 5.74) is 1.56. The van der Waals surface area contributed by atoms with Crippen LogP contribution < -0.4 is 19.6 Å². The third-order valence-electron chi connectivity index (χ3n) is 6.57. The van der Waals surface area contributed by atoms with E-state index in [9.17, 15) is 9.59 Å². The van der Waals surface area contributed by atoms with Crippen LogP contribution in [0.4, 0.5) is 0 Å². The smallest absolute Gasteiger partial charge is 0.271 e. The number of nitrogens with zero attached hydrogens (tertiary/aromatic N) is 3. The van der Waals surface area contributed by atoms with Gasteiger partial charge in [0.05, 0.1) is 22.9 Å². The van der Waals surface area contributed by atoms with Gasteiger partial charge < -0.3 is 14.1 Å². The molecule has 0 spiro atoms. The van der Waals surface area contributed by atoms with Gasteiger partial charge in [-0.3, -0.25) is 14.2 Å². The number of rotatable bonds is 8. The summed E-state index contributed by atoms with van der Waals surface area (Å²) < 4.78 is 13.8. The maximum absolute atomic E-state index is 13.9. The summed E-state index contributed by atoms with van der Waals surface area (Å²) in [6, 6.07) is 20.5. The first-order valence-corrected chi connectivity index (χ1v) is 14.4. The molecule has 5 rings (SSSR count). The van der Waals surface area contributed by atoms with E-state index in [2.05, 4.69) is 0 Å². The molecule has 39 heavy (non-hydrogen) atoms. The second kappa shape index (κ2) is 11.5. The number of hydrogen-bond donors (Lipinski definition) is 0. The number of methoxy groups -OCH3 is 1. The van der Waals surface area contributed by atoms with Crippen molar-refractivity contribution in [1.29, 1.82) is 0 Å². The van der Waals surface area contributed by atoms with Gasteiger partial charge in [0.1, 0.15) is 17.6 Å². The van der Waals surface area contributed by atoms with Crippen molar-refractivity contribution >= 4 is 35.1 Å². The molecule has 7 nitrogen and oxygen atoms in total. The molecule has 2 aromatic carbocycles. The van der Waals surface area contributed by atoms with Crippen molar-refractivity contribution in [3.8, 4) is 5.75 Å². The largest absolute Gasteiger partial charge is 0.496 e. The van der Waals surface area contributed by atoms with Crippen LogP contribution >= 0.6 is 23.1 Å². The minimum Gasteiger partial charge on any atom is -0.496 e. The number of ether oxygens (including phenoxy) is 1. The lowest BCUT2D eigenvalue weighted by atomic mass is 9.94. The number of hydrogen-bond acceptors (Lipinski definition) is 7. The molecule has 1 unspecified atom stereocenters. The Balaban J connectivity index is 1.63. The summed E-state index contributed by atoms with van der Waals surface area (Å²) >= 11 is 2.80. The molecule has 0 aliphatic carbocycles. The third kappa shape index (κ3) is 5.24. The van der Waals surface area contributed by atoms with Gasteiger partial charge in [-0.15, -0.1) is 0 Å². The highest BCUT2D eigenvalue weighted by molar-refractivity contribution is 7.99. The Bertz CT molecular complexity index is 1710. The number of thiazole rings is 1. The Kier molecular flexibility index (Phi) is 7.90. The fourth-order valence-electron chi connectivity index (χ4n) is 4.66. The van der Waals surface area contributed by atoms with Crippen LogP contribution in [0.3, 0.4) is 0 Å². The molecule has 3 heterocycles. The molecule has 4 aromatic rings. The minimum atomic E-state index is -0.673. The molecular formula is C30H29N3O4S2. The second-order valence-electron chi connectivity index (χ2n) is 8.87. The average Bonchev–Trinajstić information content (AvgIpc) is 3.52. The molecule has 1 atom stereocenters. The van der Waals surface area contributed by atoms with E-state index in [0.717, 1.165) is 15.6 Å². The monoisotopic (exact) mass is 559 g/mol. The zero-order valence-electron chi connectivity index (χ0n) is 22.2. The molecule has 1 amide bonds. The molecule has 2 aromatic heterocycles. The van der Waals surface area contributed by atoms with Crippen LogP contribution in [0.15, 0.2) is 102 Å². The van der Waals surface area contributed by atoms with E-state index >= 15 is 0 Å². The molecule has 0 saturated heterocycles. The predicted molar refractivity (Wildman–Crippen MR) is 154 cm³/mol. The molecule has 200 valence electrons. The molecule has 0 fully saturated rings. The number of fused-ring (bicyclic) bond motifs is 1. The number of furan rings is 1. The fraction of sp³-hybridized carbons (Fsp3) is 0.233. The van der Waals surface area contributed by atoms with Gasteiger partial charge in [-0.05, 0) is 51.1 Å². The van der Waals surface area contributed by atoms with Crippen molar-refractivity contribution in [2.24, 2.45) is 4.99 Å². The van der Waals surface area contributed by atoms with Gasteiger partial charge in [-0.1, -0.05) is 59.5 Å². The van der Waals surface area contributed by atoms with Crippen molar-refractivity contribution in [1.82, 2.24) is 9.47 Å². The lowest BCUT2D eigenvalue weighted by molar-refractivity contribution is -0.127. The molecule has 0 N–H and O–H groups in total. The second-order valence-corrected chi connectivity index (χ2v) is 11.0. The van der Waals surface area contributed by atoms with Crippen LogP contribution in [0.25, 0.3) is 6.08 Å². The number of carbonyl (C=O) groups excluding carboxylic acids is 1. The van der Waals surface area contributed by atoms with E-state index in [-0.39, 0.29) is 11.5 Å². The number of allylic oxidation sites excluding steroid dienone is 1. The summed E-state index contributed by atoms with van der Waals surface area (Å²) in [6.07, 6.45) is 1.74. The number of aromatic nitrogens is 1. The number of likely N-dealkylation sites (N-methyl/N-ethyl adjacent to an activating group) is 1. The van der Waals surface area contributed by atoms with Crippen molar-refractivity contribution in [3.63, 3.8) is 0 Å². The van der Waals surface area contributed by atoms with Gasteiger partial charge >= 0.3 is 0 Å². The standard InChI is InChI=1S/C30H29N3O4S2/c1-5-32(6-2)29(35)26-19(3)31-30-33(27(26)22-14-10-11-15-23(22)36-4)28(34)24(39-30)18-20-16-17-25(37-20)38-21-12-8-7-9-13-21/h7-18,27H,5-6H2,1-4H3/b24-18-. The molecule has 1 aliphatic heterocycles. The van der Waals surface area contributed by atoms with Crippen LogP contribution in [0.2, 0.25) is 0 Å². The first-order valence-electron chi connectivity index (χ1n) is 12.7. The van der Waals surface area contributed by atoms with E-state index < -0.39 is 6.04 Å². The molecule has 0 radical (unpaired) electrons.